The standard InChI is InChI=1S/C20H21NO4/c1-14-3-2-4-16(9-14)13-25-18-7-5-15(6-8-18)11-21-12-17(20(23)24)10-19(21)22/h2-9,17H,10-13H2,1H3,(H,23,24). The van der Waals surface area contributed by atoms with Gasteiger partial charge in [0, 0.05) is 19.5 Å². The van der Waals surface area contributed by atoms with Gasteiger partial charge in [-0.15, -0.1) is 0 Å². The minimum Gasteiger partial charge on any atom is -0.489 e. The Labute approximate surface area is 146 Å². The first-order valence-electron chi connectivity index (χ1n) is 8.29. The van der Waals surface area contributed by atoms with Crippen LogP contribution in [0, 0.1) is 12.8 Å². The number of benzene rings is 2. The molecule has 1 aliphatic rings. The van der Waals surface area contributed by atoms with Crippen LogP contribution < -0.4 is 4.74 Å². The second-order valence-corrected chi connectivity index (χ2v) is 6.44. The van der Waals surface area contributed by atoms with Gasteiger partial charge in [0.05, 0.1) is 5.92 Å². The maximum absolute atomic E-state index is 11.9. The first-order valence-corrected chi connectivity index (χ1v) is 8.29. The largest absolute Gasteiger partial charge is 0.489 e. The number of carbonyl (C=O) groups excluding carboxylic acids is 1. The molecule has 1 heterocycles. The zero-order valence-corrected chi connectivity index (χ0v) is 14.1. The van der Waals surface area contributed by atoms with Crippen molar-refractivity contribution in [3.05, 3.63) is 65.2 Å². The number of hydrogen-bond donors (Lipinski definition) is 1. The molecule has 0 radical (unpaired) electrons. The van der Waals surface area contributed by atoms with Crippen molar-refractivity contribution in [2.75, 3.05) is 6.54 Å². The smallest absolute Gasteiger partial charge is 0.308 e. The van der Waals surface area contributed by atoms with Crippen molar-refractivity contribution in [2.24, 2.45) is 5.92 Å². The zero-order chi connectivity index (χ0) is 17.8. The van der Waals surface area contributed by atoms with Crippen molar-refractivity contribution in [2.45, 2.75) is 26.5 Å². The van der Waals surface area contributed by atoms with Crippen molar-refractivity contribution < 1.29 is 19.4 Å². The lowest BCUT2D eigenvalue weighted by Gasteiger charge is -2.16. The first-order chi connectivity index (χ1) is 12.0. The van der Waals surface area contributed by atoms with E-state index in [-0.39, 0.29) is 18.9 Å². The normalized spacial score (nSPS) is 16.9. The van der Waals surface area contributed by atoms with Crippen LogP contribution in [0.1, 0.15) is 23.1 Å². The summed E-state index contributed by atoms with van der Waals surface area (Å²) in [5.74, 6) is -0.839. The molecule has 1 atom stereocenters. The highest BCUT2D eigenvalue weighted by Gasteiger charge is 2.33. The van der Waals surface area contributed by atoms with Gasteiger partial charge < -0.3 is 14.7 Å². The summed E-state index contributed by atoms with van der Waals surface area (Å²) in [6.45, 7) is 3.26. The lowest BCUT2D eigenvalue weighted by atomic mass is 10.1. The summed E-state index contributed by atoms with van der Waals surface area (Å²) in [4.78, 5) is 24.5. The molecule has 0 aromatic heterocycles. The molecule has 1 saturated heterocycles. The summed E-state index contributed by atoms with van der Waals surface area (Å²) in [7, 11) is 0. The average Bonchev–Trinajstić information content (AvgIpc) is 2.95. The topological polar surface area (TPSA) is 66.8 Å². The fourth-order valence-corrected chi connectivity index (χ4v) is 2.97. The van der Waals surface area contributed by atoms with E-state index in [0.29, 0.717) is 13.2 Å². The van der Waals surface area contributed by atoms with E-state index in [4.69, 9.17) is 9.84 Å². The molecule has 3 rings (SSSR count). The van der Waals surface area contributed by atoms with Crippen LogP contribution in [0.15, 0.2) is 48.5 Å². The number of carbonyl (C=O) groups is 2. The van der Waals surface area contributed by atoms with Crippen molar-refractivity contribution >= 4 is 11.9 Å². The van der Waals surface area contributed by atoms with Gasteiger partial charge in [0.2, 0.25) is 5.91 Å². The minimum absolute atomic E-state index is 0.0903. The molecule has 1 N–H and O–H groups in total. The van der Waals surface area contributed by atoms with Gasteiger partial charge in [-0.2, -0.15) is 0 Å². The number of carboxylic acid groups (broad SMARTS) is 1. The fraction of sp³-hybridized carbons (Fsp3) is 0.300. The molecule has 2 aromatic rings. The van der Waals surface area contributed by atoms with E-state index in [9.17, 15) is 9.59 Å². The molecule has 0 saturated carbocycles. The zero-order valence-electron chi connectivity index (χ0n) is 14.1. The number of nitrogens with zero attached hydrogens (tertiary/aromatic N) is 1. The molecule has 130 valence electrons. The molecular weight excluding hydrogens is 318 g/mol. The quantitative estimate of drug-likeness (QED) is 0.878. The Morgan fingerprint density at radius 2 is 1.96 bits per heavy atom. The average molecular weight is 339 g/mol. The monoisotopic (exact) mass is 339 g/mol. The predicted molar refractivity (Wildman–Crippen MR) is 93.1 cm³/mol. The number of likely N-dealkylation sites (tertiary alicyclic amines) is 1. The van der Waals surface area contributed by atoms with Crippen LogP contribution in [0.2, 0.25) is 0 Å². The molecular formula is C20H21NO4. The lowest BCUT2D eigenvalue weighted by Crippen LogP contribution is -2.25. The van der Waals surface area contributed by atoms with Gasteiger partial charge >= 0.3 is 5.97 Å². The predicted octanol–water partition coefficient (Wildman–Crippen LogP) is 3.01. The third-order valence-corrected chi connectivity index (χ3v) is 4.35. The molecule has 2 aromatic carbocycles. The Morgan fingerprint density at radius 1 is 1.20 bits per heavy atom. The maximum atomic E-state index is 11.9. The van der Waals surface area contributed by atoms with Crippen LogP contribution in [0.4, 0.5) is 0 Å². The van der Waals surface area contributed by atoms with Crippen molar-refractivity contribution in [1.82, 2.24) is 4.90 Å². The summed E-state index contributed by atoms with van der Waals surface area (Å²) in [6.07, 6.45) is 0.0903. The van der Waals surface area contributed by atoms with Crippen LogP contribution in [0.25, 0.3) is 0 Å². The van der Waals surface area contributed by atoms with Crippen molar-refractivity contribution in [3.8, 4) is 5.75 Å². The minimum atomic E-state index is -0.907. The number of rotatable bonds is 6. The Hall–Kier alpha value is -2.82. The van der Waals surface area contributed by atoms with Crippen molar-refractivity contribution in [3.63, 3.8) is 0 Å². The maximum Gasteiger partial charge on any atom is 0.308 e. The highest BCUT2D eigenvalue weighted by Crippen LogP contribution is 2.22. The van der Waals surface area contributed by atoms with Crippen LogP contribution in [0.5, 0.6) is 5.75 Å². The summed E-state index contributed by atoms with van der Waals surface area (Å²) in [5.41, 5.74) is 3.28. The Morgan fingerprint density at radius 3 is 2.60 bits per heavy atom. The number of hydrogen-bond acceptors (Lipinski definition) is 3. The third kappa shape index (κ3) is 4.38. The number of aliphatic carboxylic acids is 1. The second-order valence-electron chi connectivity index (χ2n) is 6.44. The molecule has 1 amide bonds. The van der Waals surface area contributed by atoms with E-state index in [1.165, 1.54) is 5.56 Å². The summed E-state index contributed by atoms with van der Waals surface area (Å²) in [5, 5.41) is 9.03. The van der Waals surface area contributed by atoms with Gasteiger partial charge in [-0.1, -0.05) is 42.0 Å². The van der Waals surface area contributed by atoms with E-state index in [2.05, 4.69) is 6.07 Å². The van der Waals surface area contributed by atoms with Crippen molar-refractivity contribution in [1.29, 1.82) is 0 Å². The van der Waals surface area contributed by atoms with Gasteiger partial charge in [-0.3, -0.25) is 9.59 Å². The highest BCUT2D eigenvalue weighted by molar-refractivity contribution is 5.86. The van der Waals surface area contributed by atoms with Crippen LogP contribution in [0.3, 0.4) is 0 Å². The van der Waals surface area contributed by atoms with E-state index in [1.54, 1.807) is 4.90 Å². The molecule has 0 bridgehead atoms. The Balaban J connectivity index is 1.55. The molecule has 0 spiro atoms. The van der Waals surface area contributed by atoms with E-state index in [0.717, 1.165) is 16.9 Å². The Bertz CT molecular complexity index is 770. The fourth-order valence-electron chi connectivity index (χ4n) is 2.97. The van der Waals surface area contributed by atoms with Gasteiger partial charge in [-0.25, -0.2) is 0 Å². The molecule has 25 heavy (non-hydrogen) atoms. The van der Waals surface area contributed by atoms with Gasteiger partial charge in [0.15, 0.2) is 0 Å². The van der Waals surface area contributed by atoms with Crippen LogP contribution in [-0.4, -0.2) is 28.4 Å². The van der Waals surface area contributed by atoms with E-state index >= 15 is 0 Å². The molecule has 1 fully saturated rings. The lowest BCUT2D eigenvalue weighted by molar-refractivity contribution is -0.141. The number of amides is 1. The van der Waals surface area contributed by atoms with Crippen LogP contribution >= 0.6 is 0 Å². The van der Waals surface area contributed by atoms with E-state index < -0.39 is 11.9 Å². The second kappa shape index (κ2) is 7.38. The van der Waals surface area contributed by atoms with Gasteiger partial charge in [0.25, 0.3) is 0 Å². The van der Waals surface area contributed by atoms with Gasteiger partial charge in [-0.05, 0) is 30.2 Å². The Kier molecular flexibility index (Phi) is 5.03. The molecule has 1 unspecified atom stereocenters. The molecule has 0 aliphatic carbocycles. The summed E-state index contributed by atoms with van der Waals surface area (Å²) >= 11 is 0. The third-order valence-electron chi connectivity index (χ3n) is 4.35. The number of ether oxygens (including phenoxy) is 1. The SMILES string of the molecule is Cc1cccc(COc2ccc(CN3CC(C(=O)O)CC3=O)cc2)c1. The molecule has 1 aliphatic heterocycles. The summed E-state index contributed by atoms with van der Waals surface area (Å²) in [6, 6.07) is 15.7. The molecule has 5 heteroatoms. The van der Waals surface area contributed by atoms with Gasteiger partial charge in [0.1, 0.15) is 12.4 Å². The number of carboxylic acids is 1. The summed E-state index contributed by atoms with van der Waals surface area (Å²) < 4.78 is 5.78. The highest BCUT2D eigenvalue weighted by atomic mass is 16.5. The first kappa shape index (κ1) is 17.0. The van der Waals surface area contributed by atoms with E-state index in [1.807, 2.05) is 49.4 Å². The number of aryl methyl sites for hydroxylation is 1. The molecule has 5 nitrogen and oxygen atoms in total. The van der Waals surface area contributed by atoms with Crippen LogP contribution in [-0.2, 0) is 22.7 Å².